The molecule has 0 saturated heterocycles. The van der Waals surface area contributed by atoms with Gasteiger partial charge in [-0.1, -0.05) is 5.10 Å². The minimum Gasteiger partial charge on any atom is -0.543 e. The zero-order chi connectivity index (χ0) is 8.43. The van der Waals surface area contributed by atoms with Crippen LogP contribution in [0.15, 0.2) is 6.07 Å². The average Bonchev–Trinajstić information content (AvgIpc) is 2.33. The number of nitrogens with one attached hydrogen (secondary N) is 1. The summed E-state index contributed by atoms with van der Waals surface area (Å²) in [5.74, 6) is -2.02. The zero-order valence-electron chi connectivity index (χ0n) is 6.10. The number of nitro groups is 1. The summed E-state index contributed by atoms with van der Waals surface area (Å²) in [4.78, 5) is 19.2. The number of carbonyl (C=O) groups excluding carboxylic acids is 1. The largest absolute Gasteiger partial charge is 1.00 e. The van der Waals surface area contributed by atoms with Gasteiger partial charge in [0.05, 0.1) is 12.0 Å². The monoisotopic (exact) mass is 289 g/mol. The smallest absolute Gasteiger partial charge is 0.543 e. The minimum absolute atomic E-state index is 0. The van der Waals surface area contributed by atoms with Crippen molar-refractivity contribution in [3.8, 4) is 0 Å². The Morgan fingerprint density at radius 1 is 1.67 bits per heavy atom. The molecule has 58 valence electrons. The number of aromatic nitrogens is 2. The molecular weight excluding hydrogens is 287 g/mol. The first-order valence-electron chi connectivity index (χ1n) is 2.52. The Morgan fingerprint density at radius 2 is 2.25 bits per heavy atom. The summed E-state index contributed by atoms with van der Waals surface area (Å²) < 4.78 is 0. The molecule has 0 fully saturated rings. The van der Waals surface area contributed by atoms with Crippen LogP contribution < -0.4 is 74.0 Å². The molecule has 0 spiro atoms. The second-order valence-corrected chi connectivity index (χ2v) is 1.68. The Morgan fingerprint density at radius 3 is 2.50 bits per heavy atom. The van der Waals surface area contributed by atoms with Gasteiger partial charge in [-0.15, -0.1) is 5.10 Å². The van der Waals surface area contributed by atoms with Crippen LogP contribution in [0, 0.1) is 10.1 Å². The van der Waals surface area contributed by atoms with Crippen molar-refractivity contribution in [3.05, 3.63) is 21.9 Å². The molecule has 1 aromatic heterocycles. The van der Waals surface area contributed by atoms with E-state index in [0.717, 1.165) is 6.07 Å². The van der Waals surface area contributed by atoms with Crippen molar-refractivity contribution in [3.63, 3.8) is 0 Å². The number of carboxylic acids is 1. The Labute approximate surface area is 125 Å². The van der Waals surface area contributed by atoms with Crippen molar-refractivity contribution < 1.29 is 83.7 Å². The number of rotatable bonds is 2. The van der Waals surface area contributed by atoms with Crippen LogP contribution in [0.1, 0.15) is 10.5 Å². The van der Waals surface area contributed by atoms with Gasteiger partial charge in [-0.25, -0.2) is 0 Å². The second kappa shape index (κ2) is 4.99. The van der Waals surface area contributed by atoms with Crippen LogP contribution in [-0.4, -0.2) is 21.1 Å². The van der Waals surface area contributed by atoms with Crippen LogP contribution in [0.3, 0.4) is 0 Å². The van der Waals surface area contributed by atoms with E-state index in [1.54, 1.807) is 0 Å². The Kier molecular flexibility index (Phi) is 5.05. The first kappa shape index (κ1) is 12.1. The van der Waals surface area contributed by atoms with E-state index in [1.807, 2.05) is 5.10 Å². The maximum Gasteiger partial charge on any atom is 1.00 e. The number of carboxylic acid groups (broad SMARTS) is 1. The van der Waals surface area contributed by atoms with E-state index in [9.17, 15) is 20.0 Å². The molecule has 0 amide bonds. The van der Waals surface area contributed by atoms with Crippen LogP contribution in [0.25, 0.3) is 0 Å². The summed E-state index contributed by atoms with van der Waals surface area (Å²) >= 11 is 0. The van der Waals surface area contributed by atoms with Gasteiger partial charge in [0.1, 0.15) is 5.69 Å². The van der Waals surface area contributed by atoms with Gasteiger partial charge >= 0.3 is 74.7 Å². The number of carbonyl (C=O) groups is 1. The molecule has 1 aromatic rings. The van der Waals surface area contributed by atoms with Gasteiger partial charge in [-0.2, -0.15) is 0 Å². The quantitative estimate of drug-likeness (QED) is 0.437. The molecule has 0 aliphatic carbocycles. The third-order valence-electron chi connectivity index (χ3n) is 0.970. The number of nitrogens with zero attached hydrogens (tertiary/aromatic N) is 2. The SMILES string of the molecule is O=C([O-])c1cc([N+](=O)[O-])[nH]n1.[Cs+]. The molecule has 1 N–H and O–H groups in total. The van der Waals surface area contributed by atoms with Crippen LogP contribution in [-0.2, 0) is 0 Å². The fourth-order valence-electron chi connectivity index (χ4n) is 0.510. The van der Waals surface area contributed by atoms with Gasteiger partial charge in [0.2, 0.25) is 0 Å². The van der Waals surface area contributed by atoms with Crippen molar-refractivity contribution >= 4 is 11.8 Å². The summed E-state index contributed by atoms with van der Waals surface area (Å²) in [5, 5.41) is 25.0. The molecule has 0 unspecified atom stereocenters. The van der Waals surface area contributed by atoms with Crippen molar-refractivity contribution in [2.24, 2.45) is 0 Å². The zero-order valence-corrected chi connectivity index (χ0v) is 12.4. The summed E-state index contributed by atoms with van der Waals surface area (Å²) in [5.41, 5.74) is -0.475. The molecule has 0 radical (unpaired) electrons. The molecule has 1 heterocycles. The molecule has 0 bridgehead atoms. The average molecular weight is 289 g/mol. The van der Waals surface area contributed by atoms with E-state index in [2.05, 4.69) is 5.10 Å². The third kappa shape index (κ3) is 2.88. The van der Waals surface area contributed by atoms with Crippen LogP contribution in [0.2, 0.25) is 0 Å². The van der Waals surface area contributed by atoms with Crippen molar-refractivity contribution in [2.75, 3.05) is 0 Å². The molecule has 0 aromatic carbocycles. The van der Waals surface area contributed by atoms with Crippen molar-refractivity contribution in [1.82, 2.24) is 10.2 Å². The number of hydrogen-bond donors (Lipinski definition) is 1. The molecule has 8 heteroatoms. The molecule has 12 heavy (non-hydrogen) atoms. The molecule has 0 aliphatic rings. The minimum atomic E-state index is -1.55. The van der Waals surface area contributed by atoms with Gasteiger partial charge in [-0.05, 0) is 4.92 Å². The van der Waals surface area contributed by atoms with Gasteiger partial charge in [0, 0.05) is 0 Å². The van der Waals surface area contributed by atoms with Gasteiger partial charge in [0.25, 0.3) is 0 Å². The van der Waals surface area contributed by atoms with E-state index in [0.29, 0.717) is 0 Å². The summed E-state index contributed by atoms with van der Waals surface area (Å²) in [6.45, 7) is 0. The fraction of sp³-hybridized carbons (Fsp3) is 0. The Balaban J connectivity index is 0.00000121. The van der Waals surface area contributed by atoms with E-state index >= 15 is 0 Å². The van der Waals surface area contributed by atoms with E-state index in [4.69, 9.17) is 0 Å². The third-order valence-corrected chi connectivity index (χ3v) is 0.970. The molecule has 7 nitrogen and oxygen atoms in total. The normalized spacial score (nSPS) is 8.67. The van der Waals surface area contributed by atoms with Crippen LogP contribution in [0.5, 0.6) is 0 Å². The first-order chi connectivity index (χ1) is 5.11. The Bertz CT molecular complexity index is 281. The molecule has 0 atom stereocenters. The standard InChI is InChI=1S/C4H3N3O4.Cs/c8-4(9)2-1-3(6-5-2)7(10)11;/h1H,(H,5,6)(H,8,9);/q;+1/p-1. The maximum absolute atomic E-state index is 10.0. The number of aromatic carboxylic acids is 1. The molecule has 0 aliphatic heterocycles. The van der Waals surface area contributed by atoms with E-state index in [1.165, 1.54) is 0 Å². The predicted molar refractivity (Wildman–Crippen MR) is 29.6 cm³/mol. The Hall–Kier alpha value is 0.132. The van der Waals surface area contributed by atoms with Crippen LogP contribution >= 0.6 is 0 Å². The van der Waals surface area contributed by atoms with Gasteiger partial charge in [-0.3, -0.25) is 0 Å². The number of hydrogen-bond acceptors (Lipinski definition) is 5. The first-order valence-corrected chi connectivity index (χ1v) is 2.52. The van der Waals surface area contributed by atoms with Crippen molar-refractivity contribution in [1.29, 1.82) is 0 Å². The second-order valence-electron chi connectivity index (χ2n) is 1.68. The molecule has 1 rings (SSSR count). The summed E-state index contributed by atoms with van der Waals surface area (Å²) in [6.07, 6.45) is 0. The predicted octanol–water partition coefficient (Wildman–Crippen LogP) is -4.31. The molecular formula is C4H2CsN3O4. The maximum atomic E-state index is 10.0. The number of aromatic amines is 1. The van der Waals surface area contributed by atoms with Crippen molar-refractivity contribution in [2.45, 2.75) is 0 Å². The van der Waals surface area contributed by atoms with Crippen LogP contribution in [0.4, 0.5) is 5.82 Å². The van der Waals surface area contributed by atoms with E-state index in [-0.39, 0.29) is 68.9 Å². The topological polar surface area (TPSA) is 112 Å². The summed E-state index contributed by atoms with van der Waals surface area (Å²) in [6, 6.07) is 0.787. The number of H-pyrrole nitrogens is 1. The van der Waals surface area contributed by atoms with Gasteiger partial charge < -0.3 is 20.0 Å². The van der Waals surface area contributed by atoms with Gasteiger partial charge in [0.15, 0.2) is 0 Å². The summed E-state index contributed by atoms with van der Waals surface area (Å²) in [7, 11) is 0. The molecule has 0 saturated carbocycles. The fourth-order valence-corrected chi connectivity index (χ4v) is 0.510. The van der Waals surface area contributed by atoms with E-state index < -0.39 is 22.4 Å².